The lowest BCUT2D eigenvalue weighted by Gasteiger charge is -2.17. The molecule has 3 N–H and O–H groups in total. The fraction of sp³-hybridized carbons (Fsp3) is 0.130. The van der Waals surface area contributed by atoms with Crippen LogP contribution in [0.15, 0.2) is 60.7 Å². The van der Waals surface area contributed by atoms with Crippen molar-refractivity contribution in [2.75, 3.05) is 28.0 Å². The maximum absolute atomic E-state index is 12.9. The van der Waals surface area contributed by atoms with Crippen molar-refractivity contribution >= 4 is 62.3 Å². The normalized spacial score (nSPS) is 14.6. The Labute approximate surface area is 207 Å². The molecule has 3 aromatic rings. The first-order valence-corrected chi connectivity index (χ1v) is 12.4. The van der Waals surface area contributed by atoms with Crippen LogP contribution in [0.5, 0.6) is 0 Å². The highest BCUT2D eigenvalue weighted by Gasteiger charge is 2.28. The van der Waals surface area contributed by atoms with Crippen LogP contribution in [-0.2, 0) is 10.2 Å². The number of nitrogens with one attached hydrogen (secondary N) is 3. The number of amides is 2. The zero-order valence-corrected chi connectivity index (χ0v) is 20.3. The van der Waals surface area contributed by atoms with E-state index in [1.807, 2.05) is 0 Å². The summed E-state index contributed by atoms with van der Waals surface area (Å²) >= 11 is 12.2. The molecule has 34 heavy (non-hydrogen) atoms. The van der Waals surface area contributed by atoms with Gasteiger partial charge in [-0.05, 0) is 67.1 Å². The lowest BCUT2D eigenvalue weighted by molar-refractivity contribution is 0.101. The summed E-state index contributed by atoms with van der Waals surface area (Å²) in [6.07, 6.45) is 0. The van der Waals surface area contributed by atoms with Crippen molar-refractivity contribution < 1.29 is 18.0 Å². The van der Waals surface area contributed by atoms with Gasteiger partial charge in [-0.2, -0.15) is 13.1 Å². The number of hydrogen-bond acceptors (Lipinski definition) is 4. The molecule has 0 atom stereocenters. The summed E-state index contributed by atoms with van der Waals surface area (Å²) in [5.41, 5.74) is 2.59. The van der Waals surface area contributed by atoms with E-state index in [0.717, 1.165) is 0 Å². The number of carbonyl (C=O) groups excluding carboxylic acids is 2. The molecule has 11 heteroatoms. The molecule has 4 rings (SSSR count). The number of nitrogens with zero attached hydrogens (tertiary/aromatic N) is 1. The highest BCUT2D eigenvalue weighted by atomic mass is 35.5. The molecular formula is C23H20Cl2N4O4S. The fourth-order valence-corrected chi connectivity index (χ4v) is 5.10. The lowest BCUT2D eigenvalue weighted by atomic mass is 10.1. The van der Waals surface area contributed by atoms with E-state index < -0.39 is 16.1 Å². The van der Waals surface area contributed by atoms with Gasteiger partial charge in [-0.15, -0.1) is 0 Å². The molecule has 1 heterocycles. The van der Waals surface area contributed by atoms with Crippen LogP contribution in [0.25, 0.3) is 0 Å². The average molecular weight is 519 g/mol. The highest BCUT2D eigenvalue weighted by Crippen LogP contribution is 2.28. The smallest absolute Gasteiger partial charge is 0.301 e. The van der Waals surface area contributed by atoms with E-state index in [0.29, 0.717) is 56.9 Å². The quantitative estimate of drug-likeness (QED) is 0.463. The molecule has 0 unspecified atom stereocenters. The minimum atomic E-state index is -3.55. The van der Waals surface area contributed by atoms with Crippen molar-refractivity contribution in [1.82, 2.24) is 4.72 Å². The second-order valence-electron chi connectivity index (χ2n) is 7.58. The monoisotopic (exact) mass is 518 g/mol. The van der Waals surface area contributed by atoms with Crippen LogP contribution in [0.2, 0.25) is 10.0 Å². The number of hydrogen-bond donors (Lipinski definition) is 3. The van der Waals surface area contributed by atoms with E-state index in [-0.39, 0.29) is 5.91 Å². The number of carbonyl (C=O) groups is 2. The average Bonchev–Trinajstić information content (AvgIpc) is 3.14. The Morgan fingerprint density at radius 3 is 2.44 bits per heavy atom. The van der Waals surface area contributed by atoms with Crippen molar-refractivity contribution in [2.45, 2.75) is 6.92 Å². The van der Waals surface area contributed by atoms with Gasteiger partial charge in [0.1, 0.15) is 0 Å². The van der Waals surface area contributed by atoms with Gasteiger partial charge in [-0.3, -0.25) is 13.9 Å². The zero-order chi connectivity index (χ0) is 24.5. The first-order chi connectivity index (χ1) is 16.1. The molecule has 176 valence electrons. The molecule has 3 aromatic carbocycles. The molecule has 8 nitrogen and oxygen atoms in total. The fourth-order valence-electron chi connectivity index (χ4n) is 3.52. The van der Waals surface area contributed by atoms with Crippen molar-refractivity contribution in [3.8, 4) is 0 Å². The van der Waals surface area contributed by atoms with Gasteiger partial charge < -0.3 is 10.6 Å². The van der Waals surface area contributed by atoms with E-state index in [1.54, 1.807) is 61.5 Å². The van der Waals surface area contributed by atoms with Gasteiger partial charge in [0.2, 0.25) is 0 Å². The van der Waals surface area contributed by atoms with Crippen LogP contribution >= 0.6 is 23.2 Å². The number of halogens is 2. The van der Waals surface area contributed by atoms with Crippen LogP contribution in [0, 0.1) is 6.92 Å². The Balaban J connectivity index is 1.51. The van der Waals surface area contributed by atoms with Crippen LogP contribution in [-0.4, -0.2) is 33.3 Å². The molecule has 0 saturated carbocycles. The standard InChI is InChI=1S/C23H20Cl2N4O4S/c1-14-11-18(29-10-9-26-34(29,32)33)6-7-19(14)23(31)27-17-5-8-20(25)21(13-17)28-22(30)15-3-2-4-16(24)12-15/h2-8,11-13,26H,9-10H2,1H3,(H,27,31)(H,28,30). The largest absolute Gasteiger partial charge is 0.322 e. The van der Waals surface area contributed by atoms with Crippen molar-refractivity contribution in [1.29, 1.82) is 0 Å². The summed E-state index contributed by atoms with van der Waals surface area (Å²) in [5.74, 6) is -0.786. The third kappa shape index (κ3) is 5.18. The number of anilines is 3. The number of aryl methyl sites for hydroxylation is 1. The molecular weight excluding hydrogens is 499 g/mol. The van der Waals surface area contributed by atoms with Gasteiger partial charge in [-0.1, -0.05) is 29.3 Å². The summed E-state index contributed by atoms with van der Waals surface area (Å²) in [4.78, 5) is 25.4. The summed E-state index contributed by atoms with van der Waals surface area (Å²) in [6, 6.07) is 16.0. The third-order valence-corrected chi connectivity index (χ3v) is 7.30. The SMILES string of the molecule is Cc1cc(N2CCNS2(=O)=O)ccc1C(=O)Nc1ccc(Cl)c(NC(=O)c2cccc(Cl)c2)c1. The van der Waals surface area contributed by atoms with Crippen molar-refractivity contribution in [2.24, 2.45) is 0 Å². The lowest BCUT2D eigenvalue weighted by Crippen LogP contribution is -2.29. The molecule has 1 aliphatic rings. The van der Waals surface area contributed by atoms with E-state index in [2.05, 4.69) is 15.4 Å². The minimum absolute atomic E-state index is 0.300. The van der Waals surface area contributed by atoms with Crippen LogP contribution in [0.1, 0.15) is 26.3 Å². The number of benzene rings is 3. The zero-order valence-electron chi connectivity index (χ0n) is 17.9. The maximum atomic E-state index is 12.9. The minimum Gasteiger partial charge on any atom is -0.322 e. The van der Waals surface area contributed by atoms with E-state index in [4.69, 9.17) is 23.2 Å². The summed E-state index contributed by atoms with van der Waals surface area (Å²) < 4.78 is 27.8. The molecule has 0 radical (unpaired) electrons. The van der Waals surface area contributed by atoms with Gasteiger partial charge in [0.15, 0.2) is 0 Å². The predicted octanol–water partition coefficient (Wildman–Crippen LogP) is 4.46. The second-order valence-corrected chi connectivity index (χ2v) is 10.1. The van der Waals surface area contributed by atoms with E-state index in [1.165, 1.54) is 10.4 Å². The molecule has 0 aliphatic carbocycles. The molecule has 1 aliphatic heterocycles. The van der Waals surface area contributed by atoms with Gasteiger partial charge in [0.05, 0.1) is 16.4 Å². The molecule has 0 bridgehead atoms. The molecule has 2 amide bonds. The molecule has 0 spiro atoms. The number of rotatable bonds is 5. The Bertz CT molecular complexity index is 1400. The topological polar surface area (TPSA) is 108 Å². The van der Waals surface area contributed by atoms with E-state index in [9.17, 15) is 18.0 Å². The Kier molecular flexibility index (Phi) is 6.81. The van der Waals surface area contributed by atoms with Gasteiger partial charge >= 0.3 is 10.2 Å². The van der Waals surface area contributed by atoms with Crippen LogP contribution in [0.4, 0.5) is 17.1 Å². The summed E-state index contributed by atoms with van der Waals surface area (Å²) in [7, 11) is -3.55. The highest BCUT2D eigenvalue weighted by molar-refractivity contribution is 7.91. The molecule has 1 saturated heterocycles. The van der Waals surface area contributed by atoms with Gasteiger partial charge in [0.25, 0.3) is 11.8 Å². The van der Waals surface area contributed by atoms with Crippen LogP contribution < -0.4 is 19.7 Å². The Hall–Kier alpha value is -3.11. The van der Waals surface area contributed by atoms with Gasteiger partial charge in [-0.25, -0.2) is 0 Å². The molecule has 1 fully saturated rings. The van der Waals surface area contributed by atoms with Crippen LogP contribution in [0.3, 0.4) is 0 Å². The maximum Gasteiger partial charge on any atom is 0.301 e. The predicted molar refractivity (Wildman–Crippen MR) is 134 cm³/mol. The first-order valence-electron chi connectivity index (χ1n) is 10.2. The molecule has 0 aromatic heterocycles. The van der Waals surface area contributed by atoms with Crippen molar-refractivity contribution in [3.63, 3.8) is 0 Å². The van der Waals surface area contributed by atoms with Gasteiger partial charge in [0, 0.05) is 34.9 Å². The first kappa shape index (κ1) is 24.0. The Morgan fingerprint density at radius 2 is 1.76 bits per heavy atom. The summed E-state index contributed by atoms with van der Waals surface area (Å²) in [5, 5.41) is 6.23. The second kappa shape index (κ2) is 9.63. The summed E-state index contributed by atoms with van der Waals surface area (Å²) in [6.45, 7) is 2.38. The Morgan fingerprint density at radius 1 is 0.971 bits per heavy atom. The van der Waals surface area contributed by atoms with E-state index >= 15 is 0 Å². The third-order valence-electron chi connectivity index (χ3n) is 5.19. The van der Waals surface area contributed by atoms with Crippen molar-refractivity contribution in [3.05, 3.63) is 87.4 Å².